The van der Waals surface area contributed by atoms with Gasteiger partial charge >= 0.3 is 12.1 Å². The van der Waals surface area contributed by atoms with E-state index in [1.807, 2.05) is 26.0 Å². The van der Waals surface area contributed by atoms with Crippen LogP contribution >= 0.6 is 23.2 Å². The van der Waals surface area contributed by atoms with Gasteiger partial charge in [0.1, 0.15) is 0 Å². The first-order valence-corrected chi connectivity index (χ1v) is 9.85. The molecule has 0 spiro atoms. The van der Waals surface area contributed by atoms with Crippen LogP contribution in [0.3, 0.4) is 0 Å². The van der Waals surface area contributed by atoms with Crippen molar-refractivity contribution in [2.24, 2.45) is 0 Å². The molecule has 0 saturated carbocycles. The molecule has 3 aromatic carbocycles. The summed E-state index contributed by atoms with van der Waals surface area (Å²) < 4.78 is 0. The minimum atomic E-state index is -0.463. The molecule has 3 aromatic rings. The summed E-state index contributed by atoms with van der Waals surface area (Å²) in [5.41, 5.74) is 3.82. The summed E-state index contributed by atoms with van der Waals surface area (Å²) >= 11 is 12.2. The maximum Gasteiger partial charge on any atom is 0.323 e. The van der Waals surface area contributed by atoms with Gasteiger partial charge in [0, 0.05) is 21.4 Å². The molecule has 0 bridgehead atoms. The van der Waals surface area contributed by atoms with Gasteiger partial charge in [-0.2, -0.15) is 0 Å². The second-order valence-electron chi connectivity index (χ2n) is 6.63. The van der Waals surface area contributed by atoms with Crippen LogP contribution in [0.25, 0.3) is 0 Å². The molecule has 0 saturated heterocycles. The number of carbonyl (C=O) groups is 2. The van der Waals surface area contributed by atoms with Gasteiger partial charge < -0.3 is 21.3 Å². The molecule has 0 aliphatic rings. The number of halogens is 2. The summed E-state index contributed by atoms with van der Waals surface area (Å²) in [7, 11) is 0. The molecule has 0 aliphatic heterocycles. The smallest absolute Gasteiger partial charge is 0.308 e. The average Bonchev–Trinajstić information content (AvgIpc) is 2.69. The van der Waals surface area contributed by atoms with Gasteiger partial charge in [0.2, 0.25) is 0 Å². The number of rotatable bonds is 4. The first-order chi connectivity index (χ1) is 14.3. The highest BCUT2D eigenvalue weighted by Crippen LogP contribution is 2.24. The zero-order chi connectivity index (χ0) is 21.7. The standard InChI is InChI=1S/C22H20Cl2N4O2/c1-13-7-9-15(11-17(13)23)25-21(29)27-19-5-3-4-6-20(19)28-22(30)26-16-10-8-14(2)18(24)12-16/h3-12H,1-2H3,(H2,25,27,29)(H2,26,28,30). The molecule has 154 valence electrons. The van der Waals surface area contributed by atoms with Crippen LogP contribution in [0.1, 0.15) is 11.1 Å². The number of nitrogens with one attached hydrogen (secondary N) is 4. The van der Waals surface area contributed by atoms with Gasteiger partial charge in [0.25, 0.3) is 0 Å². The van der Waals surface area contributed by atoms with Crippen LogP contribution in [0.5, 0.6) is 0 Å². The fourth-order valence-electron chi connectivity index (χ4n) is 2.61. The Hall–Kier alpha value is -3.22. The van der Waals surface area contributed by atoms with E-state index >= 15 is 0 Å². The van der Waals surface area contributed by atoms with Gasteiger partial charge in [-0.15, -0.1) is 0 Å². The molecular weight excluding hydrogens is 423 g/mol. The molecule has 0 fully saturated rings. The minimum Gasteiger partial charge on any atom is -0.308 e. The molecule has 4 amide bonds. The van der Waals surface area contributed by atoms with E-state index in [0.29, 0.717) is 32.8 Å². The summed E-state index contributed by atoms with van der Waals surface area (Å²) in [6.07, 6.45) is 0. The van der Waals surface area contributed by atoms with E-state index in [1.165, 1.54) is 0 Å². The number of benzene rings is 3. The lowest BCUT2D eigenvalue weighted by molar-refractivity contribution is 0.261. The van der Waals surface area contributed by atoms with Crippen molar-refractivity contribution in [2.45, 2.75) is 13.8 Å². The number of hydrogen-bond acceptors (Lipinski definition) is 2. The van der Waals surface area contributed by atoms with E-state index in [2.05, 4.69) is 21.3 Å². The third-order valence-electron chi connectivity index (χ3n) is 4.28. The Morgan fingerprint density at radius 1 is 0.633 bits per heavy atom. The van der Waals surface area contributed by atoms with Crippen LogP contribution in [0.4, 0.5) is 32.3 Å². The van der Waals surface area contributed by atoms with Gasteiger partial charge in [0.05, 0.1) is 11.4 Å². The predicted molar refractivity (Wildman–Crippen MR) is 124 cm³/mol. The molecule has 0 aliphatic carbocycles. The SMILES string of the molecule is Cc1ccc(NC(=O)Nc2ccccc2NC(=O)Nc2ccc(C)c(Cl)c2)cc1Cl. The first-order valence-electron chi connectivity index (χ1n) is 9.09. The largest absolute Gasteiger partial charge is 0.323 e. The maximum atomic E-state index is 12.4. The molecule has 0 radical (unpaired) electrons. The molecule has 0 unspecified atom stereocenters. The minimum absolute atomic E-state index is 0.435. The number of anilines is 4. The van der Waals surface area contributed by atoms with E-state index in [4.69, 9.17) is 23.2 Å². The number of aryl methyl sites for hydroxylation is 2. The van der Waals surface area contributed by atoms with E-state index in [0.717, 1.165) is 11.1 Å². The van der Waals surface area contributed by atoms with Crippen LogP contribution in [-0.4, -0.2) is 12.1 Å². The maximum absolute atomic E-state index is 12.4. The third-order valence-corrected chi connectivity index (χ3v) is 5.10. The molecule has 0 heterocycles. The van der Waals surface area contributed by atoms with Gasteiger partial charge in [-0.05, 0) is 61.4 Å². The zero-order valence-corrected chi connectivity index (χ0v) is 17.9. The van der Waals surface area contributed by atoms with Crippen molar-refractivity contribution in [1.29, 1.82) is 0 Å². The van der Waals surface area contributed by atoms with Gasteiger partial charge in [-0.3, -0.25) is 0 Å². The third kappa shape index (κ3) is 5.65. The van der Waals surface area contributed by atoms with Gasteiger partial charge in [-0.25, -0.2) is 9.59 Å². The fourth-order valence-corrected chi connectivity index (χ4v) is 2.97. The van der Waals surface area contributed by atoms with E-state index in [1.54, 1.807) is 48.5 Å². The highest BCUT2D eigenvalue weighted by atomic mass is 35.5. The molecule has 30 heavy (non-hydrogen) atoms. The molecule has 3 rings (SSSR count). The summed E-state index contributed by atoms with van der Waals surface area (Å²) in [5.74, 6) is 0. The molecule has 4 N–H and O–H groups in total. The highest BCUT2D eigenvalue weighted by molar-refractivity contribution is 6.32. The molecule has 0 atom stereocenters. The summed E-state index contributed by atoms with van der Waals surface area (Å²) in [6, 6.07) is 16.4. The summed E-state index contributed by atoms with van der Waals surface area (Å²) in [5, 5.41) is 12.0. The second kappa shape index (κ2) is 9.52. The van der Waals surface area contributed by atoms with Gasteiger partial charge in [-0.1, -0.05) is 47.5 Å². The van der Waals surface area contributed by atoms with E-state index < -0.39 is 12.1 Å². The van der Waals surface area contributed by atoms with Crippen molar-refractivity contribution >= 4 is 58.0 Å². The lowest BCUT2D eigenvalue weighted by Gasteiger charge is -2.14. The molecule has 8 heteroatoms. The number of hydrogen-bond donors (Lipinski definition) is 4. The average molecular weight is 443 g/mol. The van der Waals surface area contributed by atoms with Gasteiger partial charge in [0.15, 0.2) is 0 Å². The predicted octanol–water partition coefficient (Wildman–Crippen LogP) is 6.90. The van der Waals surface area contributed by atoms with Crippen molar-refractivity contribution < 1.29 is 9.59 Å². The van der Waals surface area contributed by atoms with Crippen LogP contribution in [0.15, 0.2) is 60.7 Å². The summed E-state index contributed by atoms with van der Waals surface area (Å²) in [6.45, 7) is 3.76. The number of urea groups is 2. The topological polar surface area (TPSA) is 82.3 Å². The Kier molecular flexibility index (Phi) is 6.82. The molecular formula is C22H20Cl2N4O2. The zero-order valence-electron chi connectivity index (χ0n) is 16.3. The second-order valence-corrected chi connectivity index (χ2v) is 7.45. The number of carbonyl (C=O) groups excluding carboxylic acids is 2. The van der Waals surface area contributed by atoms with Crippen molar-refractivity contribution in [1.82, 2.24) is 0 Å². The fraction of sp³-hybridized carbons (Fsp3) is 0.0909. The van der Waals surface area contributed by atoms with Crippen molar-refractivity contribution in [3.05, 3.63) is 81.8 Å². The Morgan fingerprint density at radius 2 is 1.03 bits per heavy atom. The van der Waals surface area contributed by atoms with Crippen LogP contribution in [-0.2, 0) is 0 Å². The van der Waals surface area contributed by atoms with Crippen molar-refractivity contribution in [3.8, 4) is 0 Å². The van der Waals surface area contributed by atoms with E-state index in [9.17, 15) is 9.59 Å². The van der Waals surface area contributed by atoms with Crippen LogP contribution in [0, 0.1) is 13.8 Å². The highest BCUT2D eigenvalue weighted by Gasteiger charge is 2.11. The normalized spacial score (nSPS) is 10.3. The Labute approximate surface area is 184 Å². The lowest BCUT2D eigenvalue weighted by Crippen LogP contribution is -2.23. The Balaban J connectivity index is 1.66. The summed E-state index contributed by atoms with van der Waals surface area (Å²) in [4.78, 5) is 24.7. The Bertz CT molecular complexity index is 1020. The molecule has 6 nitrogen and oxygen atoms in total. The number of amides is 4. The molecule has 0 aromatic heterocycles. The van der Waals surface area contributed by atoms with Crippen LogP contribution in [0.2, 0.25) is 10.0 Å². The monoisotopic (exact) mass is 442 g/mol. The van der Waals surface area contributed by atoms with Crippen molar-refractivity contribution in [2.75, 3.05) is 21.3 Å². The number of para-hydroxylation sites is 2. The quantitative estimate of drug-likeness (QED) is 0.354. The van der Waals surface area contributed by atoms with Crippen molar-refractivity contribution in [3.63, 3.8) is 0 Å². The first kappa shape index (κ1) is 21.5. The van der Waals surface area contributed by atoms with Crippen LogP contribution < -0.4 is 21.3 Å². The van der Waals surface area contributed by atoms with E-state index in [-0.39, 0.29) is 0 Å². The lowest BCUT2D eigenvalue weighted by atomic mass is 10.2. The Morgan fingerprint density at radius 3 is 1.40 bits per heavy atom.